The van der Waals surface area contributed by atoms with Crippen molar-refractivity contribution in [1.29, 1.82) is 0 Å². The van der Waals surface area contributed by atoms with E-state index in [1.165, 1.54) is 46.7 Å². The number of amides is 1. The summed E-state index contributed by atoms with van der Waals surface area (Å²) in [6.07, 6.45) is 2.25. The largest absolute Gasteiger partial charge is 0.507 e. The lowest BCUT2D eigenvalue weighted by Gasteiger charge is -2.23. The normalized spacial score (nSPS) is 21.9. The number of hydrogen-bond donors (Lipinski definition) is 1. The molecule has 3 aromatic rings. The van der Waals surface area contributed by atoms with Crippen molar-refractivity contribution >= 4 is 33.9 Å². The lowest BCUT2D eigenvalue weighted by Crippen LogP contribution is -2.29. The number of aliphatic hydroxyl groups excluding tert-OH is 1. The Balaban J connectivity index is 1.68. The van der Waals surface area contributed by atoms with E-state index in [2.05, 4.69) is 4.98 Å². The summed E-state index contributed by atoms with van der Waals surface area (Å²) in [5.74, 6) is -1.59. The number of thiazole rings is 1. The van der Waals surface area contributed by atoms with Crippen LogP contribution in [-0.2, 0) is 16.0 Å². The molecule has 1 N–H and O–H groups in total. The van der Waals surface area contributed by atoms with Crippen LogP contribution in [-0.4, -0.2) is 27.9 Å². The summed E-state index contributed by atoms with van der Waals surface area (Å²) in [5.41, 5.74) is 1.78. The predicted octanol–water partition coefficient (Wildman–Crippen LogP) is 4.23. The molecule has 0 radical (unpaired) electrons. The van der Waals surface area contributed by atoms with Gasteiger partial charge in [0.05, 0.1) is 11.6 Å². The highest BCUT2D eigenvalue weighted by molar-refractivity contribution is 7.14. The Morgan fingerprint density at radius 3 is 2.71 bits per heavy atom. The second-order valence-electron chi connectivity index (χ2n) is 7.49. The van der Waals surface area contributed by atoms with E-state index in [-0.39, 0.29) is 17.4 Å². The van der Waals surface area contributed by atoms with E-state index < -0.39 is 23.5 Å². The Hall–Kier alpha value is -3.52. The van der Waals surface area contributed by atoms with Crippen molar-refractivity contribution in [2.45, 2.75) is 25.5 Å². The van der Waals surface area contributed by atoms with E-state index >= 15 is 0 Å². The van der Waals surface area contributed by atoms with Gasteiger partial charge in [-0.05, 0) is 48.4 Å². The Labute approximate surface area is 181 Å². The fourth-order valence-electron chi connectivity index (χ4n) is 4.05. The third kappa shape index (κ3) is 3.19. The van der Waals surface area contributed by atoms with Gasteiger partial charge in [-0.1, -0.05) is 12.1 Å². The van der Waals surface area contributed by atoms with Crippen molar-refractivity contribution in [1.82, 2.24) is 4.98 Å². The molecule has 1 saturated heterocycles. The molecule has 2 atom stereocenters. The maximum atomic E-state index is 13.5. The van der Waals surface area contributed by atoms with Crippen LogP contribution in [0.4, 0.5) is 9.52 Å². The summed E-state index contributed by atoms with van der Waals surface area (Å²) in [6.45, 7) is 1.95. The molecule has 0 aliphatic carbocycles. The zero-order chi connectivity index (χ0) is 21.7. The molecule has 2 aliphatic rings. The number of hydrogen-bond acceptors (Lipinski definition) is 6. The van der Waals surface area contributed by atoms with E-state index in [9.17, 15) is 19.1 Å². The Bertz CT molecular complexity index is 1220. The number of aromatic nitrogens is 1. The average molecular weight is 436 g/mol. The van der Waals surface area contributed by atoms with Crippen molar-refractivity contribution in [3.05, 3.63) is 82.1 Å². The number of Topliss-reactive ketones (excluding diaryl/α,β-unsaturated/α-hetero) is 1. The molecular formula is C23H17FN2O4S. The molecule has 1 amide bonds. The molecule has 0 saturated carbocycles. The summed E-state index contributed by atoms with van der Waals surface area (Å²) >= 11 is 1.20. The number of benzene rings is 2. The highest BCUT2D eigenvalue weighted by Gasteiger charge is 2.48. The van der Waals surface area contributed by atoms with Gasteiger partial charge >= 0.3 is 5.91 Å². The fraction of sp³-hybridized carbons (Fsp3) is 0.174. The minimum absolute atomic E-state index is 0.0297. The molecule has 6 nitrogen and oxygen atoms in total. The first-order chi connectivity index (χ1) is 14.9. The molecule has 3 heterocycles. The molecule has 2 aliphatic heterocycles. The monoisotopic (exact) mass is 436 g/mol. The Morgan fingerprint density at radius 1 is 1.23 bits per heavy atom. The topological polar surface area (TPSA) is 79.7 Å². The van der Waals surface area contributed by atoms with Crippen LogP contribution in [0.1, 0.15) is 29.7 Å². The summed E-state index contributed by atoms with van der Waals surface area (Å²) in [7, 11) is 0. The Morgan fingerprint density at radius 2 is 2.00 bits per heavy atom. The first-order valence-electron chi connectivity index (χ1n) is 9.70. The van der Waals surface area contributed by atoms with Gasteiger partial charge in [0, 0.05) is 23.6 Å². The van der Waals surface area contributed by atoms with Gasteiger partial charge in [0.1, 0.15) is 23.4 Å². The lowest BCUT2D eigenvalue weighted by atomic mass is 9.94. The fourth-order valence-corrected chi connectivity index (χ4v) is 4.72. The van der Waals surface area contributed by atoms with Gasteiger partial charge in [-0.15, -0.1) is 11.3 Å². The summed E-state index contributed by atoms with van der Waals surface area (Å²) < 4.78 is 19.2. The van der Waals surface area contributed by atoms with Gasteiger partial charge in [0.25, 0.3) is 5.78 Å². The molecule has 8 heteroatoms. The van der Waals surface area contributed by atoms with E-state index in [1.54, 1.807) is 23.6 Å². The van der Waals surface area contributed by atoms with Crippen LogP contribution in [0.2, 0.25) is 0 Å². The van der Waals surface area contributed by atoms with Gasteiger partial charge in [0.2, 0.25) is 0 Å². The van der Waals surface area contributed by atoms with Gasteiger partial charge in [-0.25, -0.2) is 9.37 Å². The summed E-state index contributed by atoms with van der Waals surface area (Å²) in [5, 5.41) is 13.2. The van der Waals surface area contributed by atoms with E-state index in [0.29, 0.717) is 22.7 Å². The number of ketones is 1. The zero-order valence-electron chi connectivity index (χ0n) is 16.4. The third-order valence-electron chi connectivity index (χ3n) is 5.42. The number of halogens is 1. The second kappa shape index (κ2) is 7.31. The quantitative estimate of drug-likeness (QED) is 0.378. The predicted molar refractivity (Wildman–Crippen MR) is 114 cm³/mol. The number of carbonyl (C=O) groups excluding carboxylic acids is 2. The van der Waals surface area contributed by atoms with Crippen molar-refractivity contribution in [2.24, 2.45) is 0 Å². The van der Waals surface area contributed by atoms with Crippen molar-refractivity contribution < 1.29 is 23.8 Å². The minimum Gasteiger partial charge on any atom is -0.507 e. The van der Waals surface area contributed by atoms with Crippen LogP contribution in [0.5, 0.6) is 5.75 Å². The third-order valence-corrected chi connectivity index (χ3v) is 6.20. The van der Waals surface area contributed by atoms with Gasteiger partial charge < -0.3 is 9.84 Å². The molecule has 0 unspecified atom stereocenters. The van der Waals surface area contributed by atoms with Crippen LogP contribution in [0.3, 0.4) is 0 Å². The SMILES string of the molecule is C[C@@H]1Cc2cc(C(O)=C3C(=O)C(=O)N(c4nccs4)[C@H]3c3ccc(F)cc3)ccc2O1. The maximum absolute atomic E-state index is 13.5. The van der Waals surface area contributed by atoms with Gasteiger partial charge in [0.15, 0.2) is 5.13 Å². The number of ether oxygens (including phenoxy) is 1. The van der Waals surface area contributed by atoms with E-state index in [1.807, 2.05) is 6.92 Å². The molecule has 0 spiro atoms. The van der Waals surface area contributed by atoms with Crippen molar-refractivity contribution in [3.8, 4) is 5.75 Å². The molecule has 156 valence electrons. The van der Waals surface area contributed by atoms with Crippen LogP contribution < -0.4 is 9.64 Å². The van der Waals surface area contributed by atoms with Gasteiger partial charge in [-0.3, -0.25) is 14.5 Å². The smallest absolute Gasteiger partial charge is 0.301 e. The molecule has 1 aromatic heterocycles. The van der Waals surface area contributed by atoms with Crippen LogP contribution in [0, 0.1) is 5.82 Å². The van der Waals surface area contributed by atoms with Gasteiger partial charge in [-0.2, -0.15) is 0 Å². The first-order valence-corrected chi connectivity index (χ1v) is 10.6. The molecule has 31 heavy (non-hydrogen) atoms. The number of aliphatic hydroxyl groups is 1. The maximum Gasteiger partial charge on any atom is 0.301 e. The van der Waals surface area contributed by atoms with Crippen LogP contribution in [0.15, 0.2) is 59.6 Å². The van der Waals surface area contributed by atoms with Crippen LogP contribution >= 0.6 is 11.3 Å². The summed E-state index contributed by atoms with van der Waals surface area (Å²) in [4.78, 5) is 31.4. The molecular weight excluding hydrogens is 419 g/mol. The van der Waals surface area contributed by atoms with Crippen molar-refractivity contribution in [3.63, 3.8) is 0 Å². The molecule has 5 rings (SSSR count). The number of nitrogens with zero attached hydrogens (tertiary/aromatic N) is 2. The zero-order valence-corrected chi connectivity index (χ0v) is 17.2. The second-order valence-corrected chi connectivity index (χ2v) is 8.36. The molecule has 0 bridgehead atoms. The first kappa shape index (κ1) is 19.4. The van der Waals surface area contributed by atoms with E-state index in [4.69, 9.17) is 4.74 Å². The number of carbonyl (C=O) groups is 2. The number of fused-ring (bicyclic) bond motifs is 1. The highest BCUT2D eigenvalue weighted by atomic mass is 32.1. The summed E-state index contributed by atoms with van der Waals surface area (Å²) in [6, 6.07) is 9.76. The lowest BCUT2D eigenvalue weighted by molar-refractivity contribution is -0.132. The molecule has 2 aromatic carbocycles. The minimum atomic E-state index is -0.921. The number of rotatable bonds is 3. The van der Waals surface area contributed by atoms with Crippen LogP contribution in [0.25, 0.3) is 5.76 Å². The molecule has 1 fully saturated rings. The Kier molecular flexibility index (Phi) is 4.59. The average Bonchev–Trinajstić information content (AvgIpc) is 3.46. The standard InChI is InChI=1S/C23H17FN2O4S/c1-12-10-15-11-14(4-7-17(15)30-12)20(27)18-19(13-2-5-16(24)6-3-13)26(22(29)21(18)28)23-25-8-9-31-23/h2-9,11-12,19,27H,10H2,1H3/t12-,19+/m1/s1. The number of anilines is 1. The van der Waals surface area contributed by atoms with E-state index in [0.717, 1.165) is 11.3 Å². The highest BCUT2D eigenvalue weighted by Crippen LogP contribution is 2.43. The van der Waals surface area contributed by atoms with Crippen molar-refractivity contribution in [2.75, 3.05) is 4.90 Å².